The first-order chi connectivity index (χ1) is 9.57. The zero-order chi connectivity index (χ0) is 14.6. The second-order valence-corrected chi connectivity index (χ2v) is 6.57. The second-order valence-electron chi connectivity index (χ2n) is 5.72. The van der Waals surface area contributed by atoms with Crippen LogP contribution in [0.4, 0.5) is 0 Å². The number of pyridine rings is 1. The van der Waals surface area contributed by atoms with E-state index in [2.05, 4.69) is 26.2 Å². The molecule has 20 heavy (non-hydrogen) atoms. The molecular weight excluding hydrogens is 320 g/mol. The number of halogens is 1. The molecule has 0 aliphatic heterocycles. The van der Waals surface area contributed by atoms with E-state index in [1.165, 1.54) is 19.3 Å². The van der Waals surface area contributed by atoms with Gasteiger partial charge in [-0.05, 0) is 47.7 Å². The van der Waals surface area contributed by atoms with Gasteiger partial charge in [0.1, 0.15) is 0 Å². The molecule has 0 unspecified atom stereocenters. The molecule has 0 aromatic carbocycles. The number of nitrogens with zero attached hydrogens (tertiary/aromatic N) is 1. The van der Waals surface area contributed by atoms with Gasteiger partial charge in [-0.2, -0.15) is 0 Å². The maximum atomic E-state index is 12.4. The Kier molecular flexibility index (Phi) is 5.16. The van der Waals surface area contributed by atoms with Gasteiger partial charge in [-0.1, -0.05) is 19.3 Å². The summed E-state index contributed by atoms with van der Waals surface area (Å²) in [5, 5.41) is 12.8. The van der Waals surface area contributed by atoms with E-state index in [4.69, 9.17) is 0 Å². The number of carbonyl (C=O) groups excluding carboxylic acids is 1. The molecule has 1 heterocycles. The predicted molar refractivity (Wildman–Crippen MR) is 81.5 cm³/mol. The first-order valence-electron chi connectivity index (χ1n) is 7.10. The molecule has 4 nitrogen and oxygen atoms in total. The standard InChI is InChI=1S/C15H21BrN2O2/c1-15(10-19,11-5-3-2-4-6-11)18-14(20)12-7-8-17-9-13(12)16/h7-9,11,19H,2-6,10H2,1H3,(H,18,20)/t15-/m1/s1. The maximum Gasteiger partial charge on any atom is 0.253 e. The Bertz CT molecular complexity index is 475. The van der Waals surface area contributed by atoms with Gasteiger partial charge in [0.05, 0.1) is 17.7 Å². The van der Waals surface area contributed by atoms with Crippen molar-refractivity contribution in [1.82, 2.24) is 10.3 Å². The van der Waals surface area contributed by atoms with Crippen LogP contribution < -0.4 is 5.32 Å². The molecule has 0 saturated heterocycles. The topological polar surface area (TPSA) is 62.2 Å². The zero-order valence-corrected chi connectivity index (χ0v) is 13.3. The van der Waals surface area contributed by atoms with Crippen molar-refractivity contribution >= 4 is 21.8 Å². The Morgan fingerprint density at radius 2 is 2.20 bits per heavy atom. The lowest BCUT2D eigenvalue weighted by Crippen LogP contribution is -2.54. The molecule has 1 aliphatic rings. The number of aliphatic hydroxyl groups is 1. The minimum absolute atomic E-state index is 0.0356. The van der Waals surface area contributed by atoms with Gasteiger partial charge >= 0.3 is 0 Å². The maximum absolute atomic E-state index is 12.4. The van der Waals surface area contributed by atoms with Crippen LogP contribution in [0.15, 0.2) is 22.9 Å². The molecule has 1 amide bonds. The number of carbonyl (C=O) groups is 1. The lowest BCUT2D eigenvalue weighted by Gasteiger charge is -2.39. The van der Waals surface area contributed by atoms with E-state index < -0.39 is 5.54 Å². The average molecular weight is 341 g/mol. The molecule has 1 atom stereocenters. The van der Waals surface area contributed by atoms with Gasteiger partial charge in [-0.3, -0.25) is 9.78 Å². The summed E-state index contributed by atoms with van der Waals surface area (Å²) in [7, 11) is 0. The third kappa shape index (κ3) is 3.38. The fraction of sp³-hybridized carbons (Fsp3) is 0.600. The first-order valence-corrected chi connectivity index (χ1v) is 7.89. The summed E-state index contributed by atoms with van der Waals surface area (Å²) in [6.07, 6.45) is 8.93. The van der Waals surface area contributed by atoms with Crippen LogP contribution in [0.3, 0.4) is 0 Å². The third-order valence-electron chi connectivity index (χ3n) is 4.25. The summed E-state index contributed by atoms with van der Waals surface area (Å²) >= 11 is 3.34. The van der Waals surface area contributed by atoms with Crippen LogP contribution >= 0.6 is 15.9 Å². The van der Waals surface area contributed by atoms with Crippen LogP contribution in [0.5, 0.6) is 0 Å². The number of amides is 1. The van der Waals surface area contributed by atoms with Gasteiger partial charge in [0.15, 0.2) is 0 Å². The van der Waals surface area contributed by atoms with Gasteiger partial charge in [-0.25, -0.2) is 0 Å². The molecule has 1 aromatic heterocycles. The van der Waals surface area contributed by atoms with Crippen LogP contribution in [0.25, 0.3) is 0 Å². The van der Waals surface area contributed by atoms with Gasteiger partial charge in [-0.15, -0.1) is 0 Å². The van der Waals surface area contributed by atoms with E-state index in [1.807, 2.05) is 6.92 Å². The van der Waals surface area contributed by atoms with Crippen molar-refractivity contribution in [3.63, 3.8) is 0 Å². The van der Waals surface area contributed by atoms with E-state index in [0.29, 0.717) is 16.0 Å². The fourth-order valence-electron chi connectivity index (χ4n) is 2.90. The quantitative estimate of drug-likeness (QED) is 0.885. The molecule has 2 rings (SSSR count). The Balaban J connectivity index is 2.13. The molecule has 0 bridgehead atoms. The van der Waals surface area contributed by atoms with Crippen LogP contribution in [0.1, 0.15) is 49.4 Å². The molecule has 1 aromatic rings. The summed E-state index contributed by atoms with van der Waals surface area (Å²) in [6.45, 7) is 1.90. The highest BCUT2D eigenvalue weighted by molar-refractivity contribution is 9.10. The monoisotopic (exact) mass is 340 g/mol. The Morgan fingerprint density at radius 3 is 2.80 bits per heavy atom. The zero-order valence-electron chi connectivity index (χ0n) is 11.7. The molecular formula is C15H21BrN2O2. The molecule has 0 radical (unpaired) electrons. The van der Waals surface area contributed by atoms with Gasteiger partial charge < -0.3 is 10.4 Å². The van der Waals surface area contributed by atoms with Crippen molar-refractivity contribution in [3.05, 3.63) is 28.5 Å². The number of hydrogen-bond acceptors (Lipinski definition) is 3. The van der Waals surface area contributed by atoms with Crippen molar-refractivity contribution in [3.8, 4) is 0 Å². The highest BCUT2D eigenvalue weighted by Gasteiger charge is 2.36. The van der Waals surface area contributed by atoms with E-state index in [1.54, 1.807) is 18.5 Å². The van der Waals surface area contributed by atoms with E-state index >= 15 is 0 Å². The molecule has 0 spiro atoms. The highest BCUT2D eigenvalue weighted by atomic mass is 79.9. The van der Waals surface area contributed by atoms with Crippen molar-refractivity contribution in [1.29, 1.82) is 0 Å². The molecule has 1 fully saturated rings. The van der Waals surface area contributed by atoms with Crippen LogP contribution in [-0.2, 0) is 0 Å². The Hall–Kier alpha value is -0.940. The minimum atomic E-state index is -0.555. The van der Waals surface area contributed by atoms with Crippen LogP contribution in [0, 0.1) is 5.92 Å². The van der Waals surface area contributed by atoms with E-state index in [9.17, 15) is 9.90 Å². The molecule has 5 heteroatoms. The second kappa shape index (κ2) is 6.68. The molecule has 1 saturated carbocycles. The number of aliphatic hydroxyl groups excluding tert-OH is 1. The number of nitrogens with one attached hydrogen (secondary N) is 1. The Labute approximate surface area is 128 Å². The van der Waals surface area contributed by atoms with E-state index in [-0.39, 0.29) is 12.5 Å². The summed E-state index contributed by atoms with van der Waals surface area (Å²) in [5.74, 6) is 0.173. The van der Waals surface area contributed by atoms with Crippen molar-refractivity contribution in [2.24, 2.45) is 5.92 Å². The van der Waals surface area contributed by atoms with Crippen molar-refractivity contribution < 1.29 is 9.90 Å². The lowest BCUT2D eigenvalue weighted by molar-refractivity contribution is 0.0679. The van der Waals surface area contributed by atoms with Crippen LogP contribution in [-0.4, -0.2) is 28.1 Å². The van der Waals surface area contributed by atoms with E-state index in [0.717, 1.165) is 12.8 Å². The first kappa shape index (κ1) is 15.4. The summed E-state index contributed by atoms with van der Waals surface area (Å²) in [5.41, 5.74) is -0.00397. The number of hydrogen-bond donors (Lipinski definition) is 2. The Morgan fingerprint density at radius 1 is 1.50 bits per heavy atom. The average Bonchev–Trinajstić information content (AvgIpc) is 2.48. The minimum Gasteiger partial charge on any atom is -0.394 e. The molecule has 110 valence electrons. The summed E-state index contributed by atoms with van der Waals surface area (Å²) in [6, 6.07) is 1.68. The lowest BCUT2D eigenvalue weighted by atomic mass is 9.76. The largest absolute Gasteiger partial charge is 0.394 e. The molecule has 1 aliphatic carbocycles. The normalized spacial score (nSPS) is 19.4. The smallest absolute Gasteiger partial charge is 0.253 e. The SMILES string of the molecule is C[C@](CO)(NC(=O)c1ccncc1Br)C1CCCCC1. The summed E-state index contributed by atoms with van der Waals surface area (Å²) in [4.78, 5) is 16.4. The predicted octanol–water partition coefficient (Wildman–Crippen LogP) is 2.91. The van der Waals surface area contributed by atoms with Crippen molar-refractivity contribution in [2.45, 2.75) is 44.6 Å². The van der Waals surface area contributed by atoms with Gasteiger partial charge in [0.2, 0.25) is 0 Å². The van der Waals surface area contributed by atoms with Gasteiger partial charge in [0.25, 0.3) is 5.91 Å². The highest BCUT2D eigenvalue weighted by Crippen LogP contribution is 2.32. The van der Waals surface area contributed by atoms with Crippen LogP contribution in [0.2, 0.25) is 0 Å². The number of rotatable bonds is 4. The molecule has 2 N–H and O–H groups in total. The third-order valence-corrected chi connectivity index (χ3v) is 4.88. The fourth-order valence-corrected chi connectivity index (χ4v) is 3.33. The number of aromatic nitrogens is 1. The van der Waals surface area contributed by atoms with Gasteiger partial charge in [0, 0.05) is 16.9 Å². The van der Waals surface area contributed by atoms with Crippen molar-refractivity contribution in [2.75, 3.05) is 6.61 Å². The summed E-state index contributed by atoms with van der Waals surface area (Å²) < 4.78 is 0.668.